The van der Waals surface area contributed by atoms with Crippen LogP contribution < -0.4 is 10.6 Å². The third kappa shape index (κ3) is 10.0. The maximum atomic E-state index is 14.4. The van der Waals surface area contributed by atoms with Gasteiger partial charge >= 0.3 is 6.09 Å². The minimum atomic E-state index is -1.12. The lowest BCUT2D eigenvalue weighted by atomic mass is 9.89. The topological polar surface area (TPSA) is 171 Å². The van der Waals surface area contributed by atoms with Gasteiger partial charge in [-0.1, -0.05) is 71.4 Å². The van der Waals surface area contributed by atoms with E-state index in [4.69, 9.17) is 9.47 Å². The number of carbonyl (C=O) groups excluding carboxylic acids is 4. The van der Waals surface area contributed by atoms with Crippen LogP contribution in [0.3, 0.4) is 0 Å². The molecule has 2 saturated heterocycles. The van der Waals surface area contributed by atoms with Crippen molar-refractivity contribution in [3.8, 4) is 0 Å². The molecule has 0 radical (unpaired) electrons. The number of rotatable bonds is 19. The number of carbonyl (C=O) groups is 5. The fraction of sp³-hybridized carbons (Fsp3) is 0.674. The highest BCUT2D eigenvalue weighted by Gasteiger charge is 2.52. The number of benzene rings is 1. The SMILES string of the molecule is CC[C@H](C)[C@@H]([C@@H](CC(=O)N1CCCC1[C@H](OC)[C@@H](C)C(=O)N[C@@H](Cc1ccccc1)c1nccs1)OC)N(C)C(=O)C(NC(=O)C1C2CCC(C2)N1C(=O)O)C(C)C. The number of thiazole rings is 1. The Labute approximate surface area is 347 Å². The molecule has 3 N–H and O–H groups in total. The lowest BCUT2D eigenvalue weighted by molar-refractivity contribution is -0.148. The first kappa shape index (κ1) is 45.0. The van der Waals surface area contributed by atoms with Gasteiger partial charge in [0.25, 0.3) is 0 Å². The zero-order valence-electron chi connectivity index (χ0n) is 35.3. The van der Waals surface area contributed by atoms with Crippen LogP contribution in [0.15, 0.2) is 41.9 Å². The Kier molecular flexibility index (Phi) is 15.7. The molecule has 1 aromatic heterocycles. The van der Waals surface area contributed by atoms with Crippen LogP contribution >= 0.6 is 11.3 Å². The van der Waals surface area contributed by atoms with E-state index >= 15 is 0 Å². The number of piperidine rings is 1. The van der Waals surface area contributed by atoms with E-state index < -0.39 is 48.3 Å². The smallest absolute Gasteiger partial charge is 0.408 e. The van der Waals surface area contributed by atoms with E-state index in [2.05, 4.69) is 15.6 Å². The van der Waals surface area contributed by atoms with Gasteiger partial charge in [0.2, 0.25) is 23.6 Å². The van der Waals surface area contributed by atoms with E-state index in [9.17, 15) is 29.1 Å². The number of fused-ring (bicyclic) bond motifs is 2. The summed E-state index contributed by atoms with van der Waals surface area (Å²) in [4.78, 5) is 77.7. The Bertz CT molecular complexity index is 1700. The number of likely N-dealkylation sites (N-methyl/N-ethyl adjacent to an activating group) is 1. The van der Waals surface area contributed by atoms with Gasteiger partial charge < -0.3 is 35.0 Å². The van der Waals surface area contributed by atoms with Crippen LogP contribution in [0.25, 0.3) is 0 Å². The molecule has 3 heterocycles. The van der Waals surface area contributed by atoms with Crippen molar-refractivity contribution in [2.45, 2.75) is 134 Å². The van der Waals surface area contributed by atoms with Gasteiger partial charge in [0.1, 0.15) is 17.1 Å². The Morgan fingerprint density at radius 3 is 2.34 bits per heavy atom. The number of likely N-dealkylation sites (tertiary alicyclic amines) is 2. The van der Waals surface area contributed by atoms with Crippen molar-refractivity contribution in [3.05, 3.63) is 52.5 Å². The number of hydrogen-bond donors (Lipinski definition) is 3. The van der Waals surface area contributed by atoms with Crippen molar-refractivity contribution in [3.63, 3.8) is 0 Å². The molecule has 14 nitrogen and oxygen atoms in total. The zero-order chi connectivity index (χ0) is 42.3. The first-order chi connectivity index (χ1) is 27.7. The van der Waals surface area contributed by atoms with Crippen LogP contribution in [-0.4, -0.2) is 125 Å². The number of carboxylic acid groups (broad SMARTS) is 1. The number of nitrogens with zero attached hydrogens (tertiary/aromatic N) is 4. The molecular formula is C43H64N6O8S. The summed E-state index contributed by atoms with van der Waals surface area (Å²) in [5, 5.41) is 18.8. The molecule has 2 aromatic rings. The molecule has 5 unspecified atom stereocenters. The first-order valence-electron chi connectivity index (χ1n) is 20.9. The van der Waals surface area contributed by atoms with Crippen molar-refractivity contribution >= 4 is 41.1 Å². The molecule has 3 fully saturated rings. The maximum absolute atomic E-state index is 14.4. The van der Waals surface area contributed by atoms with Crippen LogP contribution in [0.5, 0.6) is 0 Å². The van der Waals surface area contributed by atoms with E-state index in [1.165, 1.54) is 16.2 Å². The average Bonchev–Trinajstić information content (AvgIpc) is 4.05. The summed E-state index contributed by atoms with van der Waals surface area (Å²) in [6, 6.07) is 6.87. The number of hydrogen-bond acceptors (Lipinski definition) is 9. The van der Waals surface area contributed by atoms with Crippen LogP contribution in [0, 0.1) is 23.7 Å². The molecule has 3 aliphatic rings. The second-order valence-electron chi connectivity index (χ2n) is 16.8. The Balaban J connectivity index is 1.28. The molecule has 5 rings (SSSR count). The Morgan fingerprint density at radius 2 is 1.74 bits per heavy atom. The van der Waals surface area contributed by atoms with Gasteiger partial charge in [-0.05, 0) is 61.8 Å². The van der Waals surface area contributed by atoms with Gasteiger partial charge in [-0.2, -0.15) is 0 Å². The average molecular weight is 825 g/mol. The number of nitrogens with one attached hydrogen (secondary N) is 2. The second kappa shape index (κ2) is 20.3. The molecule has 0 spiro atoms. The minimum absolute atomic E-state index is 0.00272. The quantitative estimate of drug-likeness (QED) is 0.174. The highest BCUT2D eigenvalue weighted by Crippen LogP contribution is 2.42. The molecule has 1 saturated carbocycles. The first-order valence-corrected chi connectivity index (χ1v) is 21.8. The largest absolute Gasteiger partial charge is 0.465 e. The van der Waals surface area contributed by atoms with Gasteiger partial charge in [0, 0.05) is 45.4 Å². The maximum Gasteiger partial charge on any atom is 0.408 e. The molecule has 1 aliphatic carbocycles. The van der Waals surface area contributed by atoms with Crippen molar-refractivity contribution in [2.24, 2.45) is 23.7 Å². The highest BCUT2D eigenvalue weighted by atomic mass is 32.1. The van der Waals surface area contributed by atoms with Gasteiger partial charge in [-0.3, -0.25) is 24.1 Å². The molecule has 15 heteroatoms. The van der Waals surface area contributed by atoms with E-state index in [-0.39, 0.29) is 60.0 Å². The number of amides is 5. The summed E-state index contributed by atoms with van der Waals surface area (Å²) in [6.45, 7) is 10.1. The van der Waals surface area contributed by atoms with E-state index in [0.717, 1.165) is 29.8 Å². The molecule has 2 bridgehead atoms. The van der Waals surface area contributed by atoms with Crippen molar-refractivity contribution in [1.82, 2.24) is 30.3 Å². The predicted molar refractivity (Wildman–Crippen MR) is 221 cm³/mol. The third-order valence-electron chi connectivity index (χ3n) is 12.9. The van der Waals surface area contributed by atoms with E-state index in [1.807, 2.05) is 75.2 Å². The van der Waals surface area contributed by atoms with Crippen LogP contribution in [0.1, 0.15) is 96.2 Å². The molecule has 1 aromatic carbocycles. The normalized spacial score (nSPS) is 23.8. The van der Waals surface area contributed by atoms with Crippen molar-refractivity contribution < 1.29 is 38.6 Å². The van der Waals surface area contributed by atoms with Gasteiger partial charge in [0.15, 0.2) is 0 Å². The van der Waals surface area contributed by atoms with E-state index in [0.29, 0.717) is 32.2 Å². The highest BCUT2D eigenvalue weighted by molar-refractivity contribution is 7.09. The van der Waals surface area contributed by atoms with Gasteiger partial charge in [-0.25, -0.2) is 9.78 Å². The summed E-state index contributed by atoms with van der Waals surface area (Å²) >= 11 is 1.49. The molecule has 11 atom stereocenters. The van der Waals surface area contributed by atoms with Crippen LogP contribution in [-0.2, 0) is 35.1 Å². The standard InChI is InChI=1S/C43H64N6O8S/c1-9-26(4)36(47(6)42(53)35(25(2)3)46-40(52)37-29-17-18-30(23-29)49(37)43(54)55)33(56-7)24-34(50)48-20-13-16-32(48)38(57-8)27(5)39(51)45-31(41-44-19-21-58-41)22-28-14-11-10-12-15-28/h10-12,14-15,19,21,25-27,29-33,35-38H,9,13,16-18,20,22-24H2,1-8H3,(H,45,51)(H,46,52)(H,54,55)/t26-,27+,29?,30?,31-,32?,33+,35?,36-,37?,38+/m0/s1. The van der Waals surface area contributed by atoms with E-state index in [1.54, 1.807) is 32.4 Å². The van der Waals surface area contributed by atoms with Gasteiger partial charge in [-0.15, -0.1) is 11.3 Å². The van der Waals surface area contributed by atoms with Crippen LogP contribution in [0.4, 0.5) is 4.79 Å². The zero-order valence-corrected chi connectivity index (χ0v) is 36.2. The Morgan fingerprint density at radius 1 is 1.02 bits per heavy atom. The molecule has 58 heavy (non-hydrogen) atoms. The summed E-state index contributed by atoms with van der Waals surface area (Å²) in [7, 11) is 4.81. The summed E-state index contributed by atoms with van der Waals surface area (Å²) < 4.78 is 12.1. The fourth-order valence-electron chi connectivity index (χ4n) is 9.64. The second-order valence-corrected chi connectivity index (χ2v) is 17.7. The summed E-state index contributed by atoms with van der Waals surface area (Å²) in [5.41, 5.74) is 1.08. The van der Waals surface area contributed by atoms with Crippen molar-refractivity contribution in [2.75, 3.05) is 27.8 Å². The minimum Gasteiger partial charge on any atom is -0.465 e. The third-order valence-corrected chi connectivity index (χ3v) is 13.8. The number of ether oxygens (including phenoxy) is 2. The lowest BCUT2D eigenvalue weighted by Gasteiger charge is -2.41. The van der Waals surface area contributed by atoms with Gasteiger partial charge in [0.05, 0.1) is 42.7 Å². The lowest BCUT2D eigenvalue weighted by Crippen LogP contribution is -2.60. The molecule has 5 amide bonds. The number of aromatic nitrogens is 1. The molecule has 320 valence electrons. The number of methoxy groups -OCH3 is 2. The molecular weight excluding hydrogens is 761 g/mol. The fourth-order valence-corrected chi connectivity index (χ4v) is 10.3. The monoisotopic (exact) mass is 824 g/mol. The van der Waals surface area contributed by atoms with Crippen LogP contribution in [0.2, 0.25) is 0 Å². The Hall–Kier alpha value is -4.08. The van der Waals surface area contributed by atoms with Crippen molar-refractivity contribution in [1.29, 1.82) is 0 Å². The summed E-state index contributed by atoms with van der Waals surface area (Å²) in [6.07, 6.45) is 4.26. The molecule has 2 aliphatic heterocycles. The predicted octanol–water partition coefficient (Wildman–Crippen LogP) is 5.14. The summed E-state index contributed by atoms with van der Waals surface area (Å²) in [5.74, 6) is -2.12.